The van der Waals surface area contributed by atoms with E-state index in [-0.39, 0.29) is 0 Å². The third-order valence-corrected chi connectivity index (χ3v) is 4.55. The molecule has 0 bridgehead atoms. The molecule has 1 saturated carbocycles. The van der Waals surface area contributed by atoms with Gasteiger partial charge in [0.1, 0.15) is 0 Å². The molecule has 0 amide bonds. The zero-order valence-electron chi connectivity index (χ0n) is 10.7. The summed E-state index contributed by atoms with van der Waals surface area (Å²) in [5.74, 6) is 0.753. The number of allylic oxidation sites excluding steroid dienone is 1. The average Bonchev–Trinajstić information content (AvgIpc) is 2.58. The first kappa shape index (κ1) is 12.2. The highest BCUT2D eigenvalue weighted by molar-refractivity contribution is 5.19. The molecule has 0 saturated heterocycles. The van der Waals surface area contributed by atoms with Crippen LogP contribution < -0.4 is 0 Å². The Morgan fingerprint density at radius 1 is 1.31 bits per heavy atom. The van der Waals surface area contributed by atoms with E-state index in [2.05, 4.69) is 13.0 Å². The minimum absolute atomic E-state index is 0.427. The fraction of sp³-hybridized carbons (Fsp3) is 0.867. The first-order valence-electron chi connectivity index (χ1n) is 7.16. The van der Waals surface area contributed by atoms with Crippen LogP contribution in [0.2, 0.25) is 0 Å². The van der Waals surface area contributed by atoms with Gasteiger partial charge in [0, 0.05) is 0 Å². The predicted octanol–water partition coefficient (Wildman–Crippen LogP) is 4.21. The third kappa shape index (κ3) is 2.68. The number of aliphatic hydroxyl groups is 1. The lowest BCUT2D eigenvalue weighted by Crippen LogP contribution is -2.37. The molecule has 0 aromatic rings. The van der Waals surface area contributed by atoms with Gasteiger partial charge in [-0.2, -0.15) is 0 Å². The van der Waals surface area contributed by atoms with Crippen molar-refractivity contribution in [3.8, 4) is 0 Å². The van der Waals surface area contributed by atoms with E-state index in [9.17, 15) is 5.11 Å². The molecule has 2 atom stereocenters. The molecule has 2 unspecified atom stereocenters. The summed E-state index contributed by atoms with van der Waals surface area (Å²) in [5.41, 5.74) is 0.951. The van der Waals surface area contributed by atoms with Crippen LogP contribution in [0, 0.1) is 5.92 Å². The molecule has 0 spiro atoms. The van der Waals surface area contributed by atoms with Gasteiger partial charge in [-0.15, -0.1) is 0 Å². The quantitative estimate of drug-likeness (QED) is 0.694. The lowest BCUT2D eigenvalue weighted by molar-refractivity contribution is 0.0134. The first-order valence-corrected chi connectivity index (χ1v) is 7.16. The minimum Gasteiger partial charge on any atom is -0.386 e. The van der Waals surface area contributed by atoms with Gasteiger partial charge in [0.05, 0.1) is 5.60 Å². The topological polar surface area (TPSA) is 20.2 Å². The maximum atomic E-state index is 10.9. The molecule has 1 nitrogen and oxygen atoms in total. The molecule has 0 aromatic carbocycles. The van der Waals surface area contributed by atoms with E-state index >= 15 is 0 Å². The van der Waals surface area contributed by atoms with Gasteiger partial charge in [-0.05, 0) is 56.4 Å². The summed E-state index contributed by atoms with van der Waals surface area (Å²) in [4.78, 5) is 0. The summed E-state index contributed by atoms with van der Waals surface area (Å²) in [5, 5.41) is 10.9. The van der Waals surface area contributed by atoms with Crippen LogP contribution in [0.15, 0.2) is 11.6 Å². The van der Waals surface area contributed by atoms with Crippen molar-refractivity contribution in [3.63, 3.8) is 0 Å². The normalized spacial score (nSPS) is 36.6. The van der Waals surface area contributed by atoms with E-state index in [1.807, 2.05) is 0 Å². The lowest BCUT2D eigenvalue weighted by atomic mass is 9.72. The molecule has 2 rings (SSSR count). The van der Waals surface area contributed by atoms with Gasteiger partial charge < -0.3 is 5.11 Å². The highest BCUT2D eigenvalue weighted by atomic mass is 16.3. The Hall–Kier alpha value is -0.300. The molecule has 0 aliphatic heterocycles. The molecule has 0 radical (unpaired) electrons. The number of rotatable bonds is 2. The molecular formula is C15H26O. The van der Waals surface area contributed by atoms with Crippen molar-refractivity contribution < 1.29 is 5.11 Å². The molecular weight excluding hydrogens is 196 g/mol. The SMILES string of the molecule is CCC1CCCC(O)(C2=CCCCCC2)C1. The largest absolute Gasteiger partial charge is 0.386 e. The molecule has 2 aliphatic carbocycles. The Morgan fingerprint density at radius 3 is 3.00 bits per heavy atom. The Morgan fingerprint density at radius 2 is 2.19 bits per heavy atom. The second-order valence-electron chi connectivity index (χ2n) is 5.73. The Balaban J connectivity index is 2.07. The lowest BCUT2D eigenvalue weighted by Gasteiger charge is -2.38. The van der Waals surface area contributed by atoms with Crippen molar-refractivity contribution in [2.24, 2.45) is 5.92 Å². The summed E-state index contributed by atoms with van der Waals surface area (Å²) in [6.07, 6.45) is 14.4. The predicted molar refractivity (Wildman–Crippen MR) is 68.4 cm³/mol. The highest BCUT2D eigenvalue weighted by Gasteiger charge is 2.36. The van der Waals surface area contributed by atoms with Crippen molar-refractivity contribution in [2.75, 3.05) is 0 Å². The van der Waals surface area contributed by atoms with Crippen LogP contribution in [0.4, 0.5) is 0 Å². The monoisotopic (exact) mass is 222 g/mol. The molecule has 92 valence electrons. The van der Waals surface area contributed by atoms with Crippen molar-refractivity contribution in [1.82, 2.24) is 0 Å². The summed E-state index contributed by atoms with van der Waals surface area (Å²) in [6, 6.07) is 0. The van der Waals surface area contributed by atoms with Gasteiger partial charge in [-0.3, -0.25) is 0 Å². The zero-order valence-corrected chi connectivity index (χ0v) is 10.7. The van der Waals surface area contributed by atoms with Crippen LogP contribution >= 0.6 is 0 Å². The molecule has 16 heavy (non-hydrogen) atoms. The third-order valence-electron chi connectivity index (χ3n) is 4.55. The summed E-state index contributed by atoms with van der Waals surface area (Å²) < 4.78 is 0. The molecule has 1 heteroatoms. The van der Waals surface area contributed by atoms with Crippen molar-refractivity contribution in [2.45, 2.75) is 76.7 Å². The Bertz CT molecular complexity index is 256. The second kappa shape index (κ2) is 5.35. The average molecular weight is 222 g/mol. The van der Waals surface area contributed by atoms with E-state index in [4.69, 9.17) is 0 Å². The summed E-state index contributed by atoms with van der Waals surface area (Å²) in [7, 11) is 0. The van der Waals surface area contributed by atoms with Crippen LogP contribution in [0.5, 0.6) is 0 Å². The van der Waals surface area contributed by atoms with Gasteiger partial charge in [0.25, 0.3) is 0 Å². The highest BCUT2D eigenvalue weighted by Crippen LogP contribution is 2.41. The van der Waals surface area contributed by atoms with Gasteiger partial charge in [0.2, 0.25) is 0 Å². The Labute approximate surface area is 99.9 Å². The Kier molecular flexibility index (Phi) is 4.07. The molecule has 2 aliphatic rings. The number of hydrogen-bond donors (Lipinski definition) is 1. The zero-order chi connectivity index (χ0) is 11.4. The molecule has 1 fully saturated rings. The smallest absolute Gasteiger partial charge is 0.0859 e. The van der Waals surface area contributed by atoms with E-state index in [0.717, 1.165) is 25.2 Å². The van der Waals surface area contributed by atoms with Crippen LogP contribution in [-0.4, -0.2) is 10.7 Å². The van der Waals surface area contributed by atoms with Crippen molar-refractivity contribution in [3.05, 3.63) is 11.6 Å². The van der Waals surface area contributed by atoms with E-state index in [0.29, 0.717) is 0 Å². The van der Waals surface area contributed by atoms with E-state index in [1.54, 1.807) is 0 Å². The van der Waals surface area contributed by atoms with Crippen LogP contribution in [0.3, 0.4) is 0 Å². The maximum Gasteiger partial charge on any atom is 0.0859 e. The van der Waals surface area contributed by atoms with Crippen molar-refractivity contribution >= 4 is 0 Å². The molecule has 0 heterocycles. The first-order chi connectivity index (χ1) is 7.74. The number of hydrogen-bond acceptors (Lipinski definition) is 1. The van der Waals surface area contributed by atoms with Gasteiger partial charge in [-0.25, -0.2) is 0 Å². The fourth-order valence-corrected chi connectivity index (χ4v) is 3.44. The van der Waals surface area contributed by atoms with E-state index < -0.39 is 5.60 Å². The van der Waals surface area contributed by atoms with Gasteiger partial charge in [0.15, 0.2) is 0 Å². The summed E-state index contributed by atoms with van der Waals surface area (Å²) >= 11 is 0. The van der Waals surface area contributed by atoms with Crippen LogP contribution in [0.25, 0.3) is 0 Å². The van der Waals surface area contributed by atoms with Gasteiger partial charge in [-0.1, -0.05) is 32.3 Å². The second-order valence-corrected chi connectivity index (χ2v) is 5.73. The van der Waals surface area contributed by atoms with E-state index in [1.165, 1.54) is 50.5 Å². The molecule has 0 aromatic heterocycles. The van der Waals surface area contributed by atoms with Crippen molar-refractivity contribution in [1.29, 1.82) is 0 Å². The van der Waals surface area contributed by atoms with Crippen LogP contribution in [0.1, 0.15) is 71.1 Å². The standard InChI is InChI=1S/C15H26O/c1-2-13-8-7-11-15(16,12-13)14-9-5-3-4-6-10-14/h9,13,16H,2-8,10-12H2,1H3. The van der Waals surface area contributed by atoms with Crippen LogP contribution in [-0.2, 0) is 0 Å². The maximum absolute atomic E-state index is 10.9. The fourth-order valence-electron chi connectivity index (χ4n) is 3.44. The summed E-state index contributed by atoms with van der Waals surface area (Å²) in [6.45, 7) is 2.26. The minimum atomic E-state index is -0.427. The van der Waals surface area contributed by atoms with Gasteiger partial charge >= 0.3 is 0 Å². The molecule has 1 N–H and O–H groups in total.